The van der Waals surface area contributed by atoms with E-state index in [-0.39, 0.29) is 24.3 Å². The van der Waals surface area contributed by atoms with Gasteiger partial charge in [-0.05, 0) is 18.1 Å². The van der Waals surface area contributed by atoms with E-state index in [1.165, 1.54) is 0 Å². The van der Waals surface area contributed by atoms with Crippen molar-refractivity contribution in [3.8, 4) is 10.6 Å². The molecular formula is C23H24N4OS. The normalized spacial score (nSPS) is 12.4. The van der Waals surface area contributed by atoms with Gasteiger partial charge >= 0.3 is 0 Å². The summed E-state index contributed by atoms with van der Waals surface area (Å²) < 4.78 is 2.07. The Labute approximate surface area is 174 Å². The lowest BCUT2D eigenvalue weighted by Crippen LogP contribution is -2.34. The highest BCUT2D eigenvalue weighted by Gasteiger charge is 2.24. The monoisotopic (exact) mass is 404 g/mol. The molecule has 0 aliphatic heterocycles. The minimum absolute atomic E-state index is 0.0410. The average Bonchev–Trinajstić information content (AvgIpc) is 3.32. The van der Waals surface area contributed by atoms with Gasteiger partial charge in [0.1, 0.15) is 10.8 Å². The first-order valence-electron chi connectivity index (χ1n) is 9.73. The van der Waals surface area contributed by atoms with E-state index in [0.717, 1.165) is 33.1 Å². The minimum Gasteiger partial charge on any atom is -0.346 e. The fourth-order valence-electron chi connectivity index (χ4n) is 3.46. The molecule has 0 fully saturated rings. The van der Waals surface area contributed by atoms with Crippen molar-refractivity contribution in [1.29, 1.82) is 0 Å². The summed E-state index contributed by atoms with van der Waals surface area (Å²) in [6.07, 6.45) is 0.260. The maximum atomic E-state index is 12.8. The number of nitrogens with one attached hydrogen (secondary N) is 1. The SMILES string of the molecule is CC(C)C(NC(=O)Cc1csc(-c2ccccc2)n1)c1nc2ccccc2n1C. The zero-order chi connectivity index (χ0) is 20.4. The molecule has 0 saturated heterocycles. The molecule has 6 heteroatoms. The van der Waals surface area contributed by atoms with Gasteiger partial charge in [0, 0.05) is 18.0 Å². The molecule has 0 saturated carbocycles. The van der Waals surface area contributed by atoms with Crippen LogP contribution in [0.4, 0.5) is 0 Å². The van der Waals surface area contributed by atoms with E-state index in [0.29, 0.717) is 0 Å². The number of fused-ring (bicyclic) bond motifs is 1. The summed E-state index contributed by atoms with van der Waals surface area (Å²) in [4.78, 5) is 22.2. The van der Waals surface area contributed by atoms with Gasteiger partial charge in [0.05, 0.1) is 29.2 Å². The fourth-order valence-corrected chi connectivity index (χ4v) is 4.29. The molecule has 0 bridgehead atoms. The van der Waals surface area contributed by atoms with Crippen molar-refractivity contribution in [2.24, 2.45) is 13.0 Å². The molecule has 1 N–H and O–H groups in total. The van der Waals surface area contributed by atoms with Crippen LogP contribution in [0, 0.1) is 5.92 Å². The number of hydrogen-bond acceptors (Lipinski definition) is 4. The van der Waals surface area contributed by atoms with Crippen LogP contribution in [0.15, 0.2) is 60.0 Å². The molecule has 0 radical (unpaired) electrons. The van der Waals surface area contributed by atoms with Crippen LogP contribution in [0.5, 0.6) is 0 Å². The van der Waals surface area contributed by atoms with Crippen LogP contribution < -0.4 is 5.32 Å². The third-order valence-corrected chi connectivity index (χ3v) is 5.94. The summed E-state index contributed by atoms with van der Waals surface area (Å²) in [5, 5.41) is 6.07. The van der Waals surface area contributed by atoms with Gasteiger partial charge in [-0.1, -0.05) is 56.3 Å². The Morgan fingerprint density at radius 3 is 2.52 bits per heavy atom. The quantitative estimate of drug-likeness (QED) is 0.504. The second kappa shape index (κ2) is 8.17. The Balaban J connectivity index is 1.51. The summed E-state index contributed by atoms with van der Waals surface area (Å²) in [6.45, 7) is 4.20. The molecule has 2 aromatic carbocycles. The van der Waals surface area contributed by atoms with E-state index in [2.05, 4.69) is 28.7 Å². The molecule has 5 nitrogen and oxygen atoms in total. The number of imidazole rings is 1. The number of carbonyl (C=O) groups excluding carboxylic acids is 1. The highest BCUT2D eigenvalue weighted by atomic mass is 32.1. The van der Waals surface area contributed by atoms with Crippen molar-refractivity contribution in [2.45, 2.75) is 26.3 Å². The number of aromatic nitrogens is 3. The highest BCUT2D eigenvalue weighted by Crippen LogP contribution is 2.26. The molecule has 0 aliphatic carbocycles. The van der Waals surface area contributed by atoms with Crippen molar-refractivity contribution < 1.29 is 4.79 Å². The summed E-state index contributed by atoms with van der Waals surface area (Å²) in [6, 6.07) is 17.9. The average molecular weight is 405 g/mol. The highest BCUT2D eigenvalue weighted by molar-refractivity contribution is 7.13. The standard InChI is InChI=1S/C23H24N4OS/c1-15(2)21(22-25-18-11-7-8-12-19(18)27(22)3)26-20(28)13-17-14-29-23(24-17)16-9-5-4-6-10-16/h4-12,14-15,21H,13H2,1-3H3,(H,26,28). The Morgan fingerprint density at radius 1 is 1.07 bits per heavy atom. The predicted octanol–water partition coefficient (Wildman–Crippen LogP) is 4.75. The van der Waals surface area contributed by atoms with Gasteiger partial charge in [0.2, 0.25) is 5.91 Å². The second-order valence-electron chi connectivity index (χ2n) is 7.49. The number of aryl methyl sites for hydroxylation is 1. The summed E-state index contributed by atoms with van der Waals surface area (Å²) >= 11 is 1.56. The number of amides is 1. The van der Waals surface area contributed by atoms with Gasteiger partial charge in [-0.15, -0.1) is 11.3 Å². The predicted molar refractivity (Wildman–Crippen MR) is 118 cm³/mol. The fraction of sp³-hybridized carbons (Fsp3) is 0.261. The van der Waals surface area contributed by atoms with E-state index >= 15 is 0 Å². The number of hydrogen-bond donors (Lipinski definition) is 1. The molecule has 2 aromatic heterocycles. The van der Waals surface area contributed by atoms with Crippen LogP contribution in [-0.4, -0.2) is 20.4 Å². The Hall–Kier alpha value is -2.99. The van der Waals surface area contributed by atoms with Crippen LogP contribution >= 0.6 is 11.3 Å². The maximum Gasteiger partial charge on any atom is 0.226 e. The third kappa shape index (κ3) is 4.07. The topological polar surface area (TPSA) is 59.8 Å². The molecule has 1 amide bonds. The lowest BCUT2D eigenvalue weighted by atomic mass is 10.0. The van der Waals surface area contributed by atoms with Gasteiger partial charge < -0.3 is 9.88 Å². The molecule has 148 valence electrons. The van der Waals surface area contributed by atoms with E-state index in [1.54, 1.807) is 11.3 Å². The number of nitrogens with zero attached hydrogens (tertiary/aromatic N) is 3. The molecule has 2 heterocycles. The van der Waals surface area contributed by atoms with Crippen molar-refractivity contribution in [3.05, 3.63) is 71.5 Å². The first kappa shape index (κ1) is 19.3. The summed E-state index contributed by atoms with van der Waals surface area (Å²) in [7, 11) is 2.00. The molecule has 29 heavy (non-hydrogen) atoms. The minimum atomic E-state index is -0.160. The molecule has 0 aliphatic rings. The Kier molecular flexibility index (Phi) is 5.45. The first-order valence-corrected chi connectivity index (χ1v) is 10.6. The van der Waals surface area contributed by atoms with Crippen molar-refractivity contribution >= 4 is 28.3 Å². The number of para-hydroxylation sites is 2. The van der Waals surface area contributed by atoms with Crippen LogP contribution in [-0.2, 0) is 18.3 Å². The largest absolute Gasteiger partial charge is 0.346 e. The number of rotatable bonds is 6. The zero-order valence-corrected chi connectivity index (χ0v) is 17.6. The van der Waals surface area contributed by atoms with E-state index in [4.69, 9.17) is 4.98 Å². The van der Waals surface area contributed by atoms with Crippen molar-refractivity contribution in [2.75, 3.05) is 0 Å². The summed E-state index contributed by atoms with van der Waals surface area (Å²) in [5.74, 6) is 1.04. The second-order valence-corrected chi connectivity index (χ2v) is 8.35. The molecule has 1 unspecified atom stereocenters. The van der Waals surface area contributed by atoms with Crippen molar-refractivity contribution in [3.63, 3.8) is 0 Å². The van der Waals surface area contributed by atoms with E-state index in [1.807, 2.05) is 67.0 Å². The molecule has 1 atom stereocenters. The smallest absolute Gasteiger partial charge is 0.226 e. The summed E-state index contributed by atoms with van der Waals surface area (Å²) in [5.41, 5.74) is 3.87. The van der Waals surface area contributed by atoms with Gasteiger partial charge in [0.15, 0.2) is 0 Å². The number of carbonyl (C=O) groups is 1. The number of benzene rings is 2. The van der Waals surface area contributed by atoms with Gasteiger partial charge in [0.25, 0.3) is 0 Å². The molecule has 0 spiro atoms. The zero-order valence-electron chi connectivity index (χ0n) is 16.8. The third-order valence-electron chi connectivity index (χ3n) is 5.00. The molecule has 4 rings (SSSR count). The van der Waals surface area contributed by atoms with E-state index in [9.17, 15) is 4.79 Å². The van der Waals surface area contributed by atoms with Gasteiger partial charge in [-0.3, -0.25) is 4.79 Å². The lowest BCUT2D eigenvalue weighted by molar-refractivity contribution is -0.121. The first-order chi connectivity index (χ1) is 14.0. The Morgan fingerprint density at radius 2 is 1.79 bits per heavy atom. The lowest BCUT2D eigenvalue weighted by Gasteiger charge is -2.22. The molecule has 4 aromatic rings. The van der Waals surface area contributed by atoms with Crippen LogP contribution in [0.3, 0.4) is 0 Å². The van der Waals surface area contributed by atoms with Crippen LogP contribution in [0.2, 0.25) is 0 Å². The van der Waals surface area contributed by atoms with Gasteiger partial charge in [-0.2, -0.15) is 0 Å². The van der Waals surface area contributed by atoms with Crippen molar-refractivity contribution in [1.82, 2.24) is 19.9 Å². The molecular weight excluding hydrogens is 380 g/mol. The number of thiazole rings is 1. The van der Waals surface area contributed by atoms with E-state index < -0.39 is 0 Å². The van der Waals surface area contributed by atoms with Crippen LogP contribution in [0.1, 0.15) is 31.4 Å². The van der Waals surface area contributed by atoms with Crippen LogP contribution in [0.25, 0.3) is 21.6 Å². The van der Waals surface area contributed by atoms with Gasteiger partial charge in [-0.25, -0.2) is 9.97 Å². The maximum absolute atomic E-state index is 12.8. The Bertz CT molecular complexity index is 1130.